The van der Waals surface area contributed by atoms with E-state index in [1.165, 1.54) is 4.90 Å². The van der Waals surface area contributed by atoms with Crippen LogP contribution in [-0.2, 0) is 16.1 Å². The van der Waals surface area contributed by atoms with Gasteiger partial charge in [0.05, 0.1) is 18.8 Å². The molecule has 1 aliphatic heterocycles. The Morgan fingerprint density at radius 2 is 2.19 bits per heavy atom. The van der Waals surface area contributed by atoms with Crippen LogP contribution in [0.3, 0.4) is 0 Å². The van der Waals surface area contributed by atoms with Gasteiger partial charge < -0.3 is 24.8 Å². The van der Waals surface area contributed by atoms with E-state index in [0.29, 0.717) is 24.3 Å². The molecule has 1 aromatic rings. The lowest BCUT2D eigenvalue weighted by Crippen LogP contribution is -2.40. The number of guanidine groups is 1. The number of rotatable bonds is 7. The van der Waals surface area contributed by atoms with E-state index in [4.69, 9.17) is 9.26 Å². The van der Waals surface area contributed by atoms with Crippen molar-refractivity contribution in [3.05, 3.63) is 17.5 Å². The predicted molar refractivity (Wildman–Crippen MR) is 111 cm³/mol. The summed E-state index contributed by atoms with van der Waals surface area (Å²) in [4.78, 5) is 17.7. The summed E-state index contributed by atoms with van der Waals surface area (Å²) in [5.41, 5.74) is 0.925. The minimum absolute atomic E-state index is 0. The third-order valence-electron chi connectivity index (χ3n) is 4.05. The third kappa shape index (κ3) is 7.48. The average molecular weight is 479 g/mol. The van der Waals surface area contributed by atoms with Crippen LogP contribution in [0.25, 0.3) is 0 Å². The van der Waals surface area contributed by atoms with Gasteiger partial charge in [0.25, 0.3) is 0 Å². The van der Waals surface area contributed by atoms with Gasteiger partial charge in [0.1, 0.15) is 6.54 Å². The maximum Gasteiger partial charge on any atom is 0.243 e. The van der Waals surface area contributed by atoms with Crippen LogP contribution < -0.4 is 10.6 Å². The zero-order valence-corrected chi connectivity index (χ0v) is 18.3. The zero-order chi connectivity index (χ0) is 18.2. The Morgan fingerprint density at radius 3 is 2.77 bits per heavy atom. The second kappa shape index (κ2) is 11.4. The van der Waals surface area contributed by atoms with E-state index in [1.54, 1.807) is 14.1 Å². The Hall–Kier alpha value is -1.36. The third-order valence-corrected chi connectivity index (χ3v) is 4.05. The van der Waals surface area contributed by atoms with Gasteiger partial charge in [-0.1, -0.05) is 19.0 Å². The summed E-state index contributed by atoms with van der Waals surface area (Å²) in [6.45, 7) is 7.02. The van der Waals surface area contributed by atoms with Crippen molar-refractivity contribution < 1.29 is 14.1 Å². The number of carbonyl (C=O) groups is 1. The van der Waals surface area contributed by atoms with Gasteiger partial charge in [0.15, 0.2) is 11.7 Å². The molecule has 0 radical (unpaired) electrons. The molecule has 1 saturated heterocycles. The summed E-state index contributed by atoms with van der Waals surface area (Å²) in [7, 11) is 3.44. The molecule has 26 heavy (non-hydrogen) atoms. The quantitative estimate of drug-likeness (QED) is 0.351. The average Bonchev–Trinajstić information content (AvgIpc) is 3.25. The first-order valence-electron chi connectivity index (χ1n) is 8.71. The topological polar surface area (TPSA) is 92.0 Å². The number of carbonyl (C=O) groups excluding carboxylic acids is 1. The molecular weight excluding hydrogens is 449 g/mol. The summed E-state index contributed by atoms with van der Waals surface area (Å²) >= 11 is 0. The van der Waals surface area contributed by atoms with Crippen molar-refractivity contribution in [2.45, 2.75) is 32.7 Å². The first kappa shape index (κ1) is 22.7. The molecule has 0 spiro atoms. The smallest absolute Gasteiger partial charge is 0.243 e. The molecule has 148 valence electrons. The summed E-state index contributed by atoms with van der Waals surface area (Å²) in [5.74, 6) is 2.07. The molecule has 1 unspecified atom stereocenters. The standard InChI is InChI=1S/C17H29N5O3.HI/c1-12(2)15-7-14(25-21-15)9-19-17(20-10-16(23)22(3)4)18-8-13-5-6-24-11-13;/h7,12-13H,5-6,8-11H2,1-4H3,(H2,18,19,20);1H. The Morgan fingerprint density at radius 1 is 1.42 bits per heavy atom. The molecule has 2 heterocycles. The Kier molecular flexibility index (Phi) is 9.92. The lowest BCUT2D eigenvalue weighted by Gasteiger charge is -2.15. The van der Waals surface area contributed by atoms with Gasteiger partial charge in [0.2, 0.25) is 5.91 Å². The van der Waals surface area contributed by atoms with Crippen molar-refractivity contribution in [2.75, 3.05) is 40.4 Å². The van der Waals surface area contributed by atoms with Crippen LogP contribution in [0, 0.1) is 5.92 Å². The zero-order valence-electron chi connectivity index (χ0n) is 15.9. The molecule has 1 amide bonds. The number of likely N-dealkylation sites (N-methyl/N-ethyl adjacent to an activating group) is 1. The van der Waals surface area contributed by atoms with Crippen molar-refractivity contribution in [1.82, 2.24) is 20.7 Å². The van der Waals surface area contributed by atoms with Crippen molar-refractivity contribution in [2.24, 2.45) is 10.9 Å². The van der Waals surface area contributed by atoms with Gasteiger partial charge in [-0.2, -0.15) is 0 Å². The molecule has 9 heteroatoms. The number of aromatic nitrogens is 1. The summed E-state index contributed by atoms with van der Waals surface area (Å²) in [5, 5.41) is 10.5. The first-order chi connectivity index (χ1) is 12.0. The van der Waals surface area contributed by atoms with Crippen LogP contribution in [0.5, 0.6) is 0 Å². The summed E-state index contributed by atoms with van der Waals surface area (Å²) < 4.78 is 10.7. The summed E-state index contributed by atoms with van der Waals surface area (Å²) in [6.07, 6.45) is 1.04. The van der Waals surface area contributed by atoms with Crippen LogP contribution in [-0.4, -0.2) is 62.3 Å². The normalized spacial score (nSPS) is 17.1. The first-order valence-corrected chi connectivity index (χ1v) is 8.71. The molecular formula is C17H30IN5O3. The highest BCUT2D eigenvalue weighted by atomic mass is 127. The molecule has 1 atom stereocenters. The van der Waals surface area contributed by atoms with Crippen molar-refractivity contribution in [3.8, 4) is 0 Å². The fourth-order valence-electron chi connectivity index (χ4n) is 2.30. The monoisotopic (exact) mass is 479 g/mol. The van der Waals surface area contributed by atoms with E-state index >= 15 is 0 Å². The Balaban J connectivity index is 0.00000338. The summed E-state index contributed by atoms with van der Waals surface area (Å²) in [6, 6.07) is 1.94. The second-order valence-corrected chi connectivity index (χ2v) is 6.79. The van der Waals surface area contributed by atoms with Gasteiger partial charge in [-0.3, -0.25) is 4.79 Å². The SMILES string of the molecule is CC(C)c1cc(CNC(=NCC(=O)N(C)C)NCC2CCOC2)on1.I. The van der Waals surface area contributed by atoms with Crippen LogP contribution >= 0.6 is 24.0 Å². The lowest BCUT2D eigenvalue weighted by atomic mass is 10.1. The molecule has 0 bridgehead atoms. The highest BCUT2D eigenvalue weighted by Crippen LogP contribution is 2.14. The molecule has 0 aromatic carbocycles. The van der Waals surface area contributed by atoms with E-state index in [0.717, 1.165) is 37.6 Å². The Bertz CT molecular complexity index is 583. The van der Waals surface area contributed by atoms with Gasteiger partial charge in [-0.05, 0) is 12.3 Å². The number of ether oxygens (including phenoxy) is 1. The van der Waals surface area contributed by atoms with Crippen LogP contribution in [0.4, 0.5) is 0 Å². The van der Waals surface area contributed by atoms with Gasteiger partial charge >= 0.3 is 0 Å². The molecule has 8 nitrogen and oxygen atoms in total. The largest absolute Gasteiger partial charge is 0.381 e. The maximum atomic E-state index is 11.8. The number of hydrogen-bond acceptors (Lipinski definition) is 5. The molecule has 2 rings (SSSR count). The minimum Gasteiger partial charge on any atom is -0.381 e. The molecule has 0 aliphatic carbocycles. The number of hydrogen-bond donors (Lipinski definition) is 2. The Labute approximate surface area is 172 Å². The van der Waals surface area contributed by atoms with E-state index < -0.39 is 0 Å². The van der Waals surface area contributed by atoms with Crippen LogP contribution in [0.2, 0.25) is 0 Å². The molecule has 1 aromatic heterocycles. The van der Waals surface area contributed by atoms with Gasteiger partial charge in [0, 0.05) is 39.2 Å². The van der Waals surface area contributed by atoms with Crippen molar-refractivity contribution in [3.63, 3.8) is 0 Å². The highest BCUT2D eigenvalue weighted by Gasteiger charge is 2.16. The van der Waals surface area contributed by atoms with Crippen molar-refractivity contribution in [1.29, 1.82) is 0 Å². The number of nitrogens with zero attached hydrogens (tertiary/aromatic N) is 3. The molecule has 0 saturated carbocycles. The number of nitrogens with one attached hydrogen (secondary N) is 2. The molecule has 1 aliphatic rings. The van der Waals surface area contributed by atoms with Gasteiger partial charge in [-0.25, -0.2) is 4.99 Å². The van der Waals surface area contributed by atoms with E-state index in [2.05, 4.69) is 34.6 Å². The van der Waals surface area contributed by atoms with E-state index in [-0.39, 0.29) is 36.4 Å². The number of aliphatic imine (C=N–C) groups is 1. The second-order valence-electron chi connectivity index (χ2n) is 6.79. The molecule has 2 N–H and O–H groups in total. The van der Waals surface area contributed by atoms with E-state index in [1.807, 2.05) is 6.07 Å². The fraction of sp³-hybridized carbons (Fsp3) is 0.706. The van der Waals surface area contributed by atoms with Crippen LogP contribution in [0.15, 0.2) is 15.6 Å². The lowest BCUT2D eigenvalue weighted by molar-refractivity contribution is -0.127. The molecule has 1 fully saturated rings. The number of amides is 1. The van der Waals surface area contributed by atoms with Gasteiger partial charge in [-0.15, -0.1) is 24.0 Å². The van der Waals surface area contributed by atoms with Crippen molar-refractivity contribution >= 4 is 35.8 Å². The van der Waals surface area contributed by atoms with E-state index in [9.17, 15) is 4.79 Å². The maximum absolute atomic E-state index is 11.8. The predicted octanol–water partition coefficient (Wildman–Crippen LogP) is 1.58. The highest BCUT2D eigenvalue weighted by molar-refractivity contribution is 14.0. The number of halogens is 1. The fourth-order valence-corrected chi connectivity index (χ4v) is 2.30. The van der Waals surface area contributed by atoms with Crippen LogP contribution in [0.1, 0.15) is 37.6 Å². The minimum atomic E-state index is -0.0490.